The predicted octanol–water partition coefficient (Wildman–Crippen LogP) is 4.50. The zero-order chi connectivity index (χ0) is 22.6. The molecule has 160 valence electrons. The van der Waals surface area contributed by atoms with E-state index in [0.29, 0.717) is 40.2 Å². The number of amidine groups is 1. The van der Waals surface area contributed by atoms with Gasteiger partial charge in [0.2, 0.25) is 0 Å². The number of halogens is 2. The molecule has 2 heterocycles. The van der Waals surface area contributed by atoms with E-state index in [1.807, 2.05) is 0 Å². The first-order valence-electron chi connectivity index (χ1n) is 8.74. The van der Waals surface area contributed by atoms with Crippen LogP contribution >= 0.6 is 23.2 Å². The molecule has 2 aliphatic heterocycles. The highest BCUT2D eigenvalue weighted by atomic mass is 35.5. The first-order chi connectivity index (χ1) is 14.8. The third-order valence-corrected chi connectivity index (χ3v) is 4.02. The molecule has 2 aliphatic rings. The van der Waals surface area contributed by atoms with Crippen molar-refractivity contribution in [1.29, 1.82) is 0 Å². The molecular weight excluding hydrogens is 445 g/mol. The van der Waals surface area contributed by atoms with Crippen molar-refractivity contribution in [3.05, 3.63) is 69.7 Å². The minimum Gasteiger partial charge on any atom is -0.478 e. The number of Topliss-reactive ketones (excluding diaryl/α,β-unsaturated/α-hetero) is 1. The van der Waals surface area contributed by atoms with Gasteiger partial charge in [0.15, 0.2) is 5.78 Å². The SMILES string of the molecule is NC1=NN=NC1.O=C(CC1=NN=NC1)c1cccc(Cl)c1.O=C(O)c1cccc(Cl)c1. The normalized spacial score (nSPS) is 13.4. The van der Waals surface area contributed by atoms with E-state index < -0.39 is 5.97 Å². The molecule has 0 aromatic heterocycles. The molecular formula is C19H17Cl2N7O3. The molecule has 12 heteroatoms. The van der Waals surface area contributed by atoms with Gasteiger partial charge in [-0.3, -0.25) is 4.79 Å². The quantitative estimate of drug-likeness (QED) is 0.642. The van der Waals surface area contributed by atoms with Crippen LogP contribution < -0.4 is 5.73 Å². The number of rotatable bonds is 4. The lowest BCUT2D eigenvalue weighted by molar-refractivity contribution is 0.0696. The third-order valence-electron chi connectivity index (χ3n) is 3.55. The number of hydrogen-bond donors (Lipinski definition) is 2. The lowest BCUT2D eigenvalue weighted by Gasteiger charge is -1.99. The van der Waals surface area contributed by atoms with Gasteiger partial charge in [-0.05, 0) is 40.8 Å². The fourth-order valence-electron chi connectivity index (χ4n) is 2.13. The number of nitrogens with zero attached hydrogens (tertiary/aromatic N) is 6. The summed E-state index contributed by atoms with van der Waals surface area (Å²) >= 11 is 11.3. The molecule has 2 aromatic rings. The van der Waals surface area contributed by atoms with Crippen LogP contribution in [0.25, 0.3) is 0 Å². The molecule has 4 rings (SSSR count). The Labute approximate surface area is 187 Å². The second-order valence-electron chi connectivity index (χ2n) is 5.96. The molecule has 0 saturated carbocycles. The number of benzene rings is 2. The van der Waals surface area contributed by atoms with Crippen LogP contribution in [0.4, 0.5) is 0 Å². The van der Waals surface area contributed by atoms with Crippen LogP contribution in [0.1, 0.15) is 27.1 Å². The molecule has 0 amide bonds. The van der Waals surface area contributed by atoms with Crippen LogP contribution in [0.5, 0.6) is 0 Å². The Hall–Kier alpha value is -3.50. The standard InChI is InChI=1S/C10H8ClN3O.C7H5ClO2.C2H4N4/c11-8-3-1-2-7(4-8)10(15)5-9-6-12-14-13-9;8-6-3-1-2-5(4-6)7(9)10;3-2-1-4-6-5-2/h1-4H,5-6H2;1-4H,(H,9,10);1H2,(H2,3,4,5). The van der Waals surface area contributed by atoms with Gasteiger partial charge in [0.1, 0.15) is 18.9 Å². The maximum Gasteiger partial charge on any atom is 0.335 e. The summed E-state index contributed by atoms with van der Waals surface area (Å²) in [5, 5.41) is 30.4. The van der Waals surface area contributed by atoms with Crippen LogP contribution in [-0.4, -0.2) is 41.5 Å². The Bertz CT molecular complexity index is 1070. The molecule has 0 radical (unpaired) electrons. The Morgan fingerprint density at radius 1 is 0.903 bits per heavy atom. The van der Waals surface area contributed by atoms with Gasteiger partial charge >= 0.3 is 5.97 Å². The van der Waals surface area contributed by atoms with Crippen molar-refractivity contribution in [2.24, 2.45) is 36.6 Å². The third kappa shape index (κ3) is 8.81. The fourth-order valence-corrected chi connectivity index (χ4v) is 2.51. The second kappa shape index (κ2) is 12.3. The van der Waals surface area contributed by atoms with Gasteiger partial charge < -0.3 is 10.8 Å². The van der Waals surface area contributed by atoms with E-state index in [9.17, 15) is 9.59 Å². The average molecular weight is 462 g/mol. The lowest BCUT2D eigenvalue weighted by Crippen LogP contribution is -2.10. The summed E-state index contributed by atoms with van der Waals surface area (Å²) in [4.78, 5) is 22.0. The van der Waals surface area contributed by atoms with Crippen molar-refractivity contribution in [1.82, 2.24) is 0 Å². The first kappa shape index (κ1) is 23.8. The molecule has 0 saturated heterocycles. The minimum atomic E-state index is -0.956. The van der Waals surface area contributed by atoms with E-state index in [2.05, 4.69) is 30.9 Å². The van der Waals surface area contributed by atoms with Gasteiger partial charge in [-0.2, -0.15) is 10.2 Å². The summed E-state index contributed by atoms with van der Waals surface area (Å²) in [7, 11) is 0. The number of carboxylic acid groups (broad SMARTS) is 1. The number of aromatic carboxylic acids is 1. The van der Waals surface area contributed by atoms with Crippen LogP contribution in [0.2, 0.25) is 10.0 Å². The zero-order valence-electron chi connectivity index (χ0n) is 16.0. The van der Waals surface area contributed by atoms with Crippen molar-refractivity contribution >= 4 is 46.5 Å². The number of ketones is 1. The van der Waals surface area contributed by atoms with Crippen molar-refractivity contribution < 1.29 is 14.7 Å². The molecule has 2 aromatic carbocycles. The summed E-state index contributed by atoms with van der Waals surface area (Å²) in [5.41, 5.74) is 6.60. The molecule has 0 unspecified atom stereocenters. The minimum absolute atomic E-state index is 0.0106. The van der Waals surface area contributed by atoms with Gasteiger partial charge in [0.25, 0.3) is 0 Å². The summed E-state index contributed by atoms with van der Waals surface area (Å²) in [6, 6.07) is 13.0. The van der Waals surface area contributed by atoms with E-state index in [-0.39, 0.29) is 17.8 Å². The molecule has 31 heavy (non-hydrogen) atoms. The first-order valence-corrected chi connectivity index (χ1v) is 9.49. The van der Waals surface area contributed by atoms with Crippen molar-refractivity contribution in [2.45, 2.75) is 6.42 Å². The number of hydrogen-bond acceptors (Lipinski definition) is 9. The van der Waals surface area contributed by atoms with Gasteiger partial charge in [-0.15, -0.1) is 10.2 Å². The summed E-state index contributed by atoms with van der Waals surface area (Å²) in [5.74, 6) is -0.471. The van der Waals surface area contributed by atoms with Crippen LogP contribution in [-0.2, 0) is 0 Å². The summed E-state index contributed by atoms with van der Waals surface area (Å²) < 4.78 is 0. The highest BCUT2D eigenvalue weighted by Crippen LogP contribution is 2.13. The topological polar surface area (TPSA) is 155 Å². The highest BCUT2D eigenvalue weighted by Gasteiger charge is 2.12. The van der Waals surface area contributed by atoms with Crippen LogP contribution in [0.3, 0.4) is 0 Å². The number of carbonyl (C=O) groups excluding carboxylic acids is 1. The average Bonchev–Trinajstić information content (AvgIpc) is 3.43. The molecule has 0 aliphatic carbocycles. The van der Waals surface area contributed by atoms with Crippen molar-refractivity contribution in [2.75, 3.05) is 13.1 Å². The number of carboxylic acids is 1. The van der Waals surface area contributed by atoms with E-state index in [4.69, 9.17) is 34.0 Å². The summed E-state index contributed by atoms with van der Waals surface area (Å²) in [6.45, 7) is 0.895. The molecule has 3 N–H and O–H groups in total. The van der Waals surface area contributed by atoms with Crippen molar-refractivity contribution in [3.8, 4) is 0 Å². The van der Waals surface area contributed by atoms with E-state index >= 15 is 0 Å². The Morgan fingerprint density at radius 3 is 1.90 bits per heavy atom. The molecule has 0 bridgehead atoms. The van der Waals surface area contributed by atoms with Crippen molar-refractivity contribution in [3.63, 3.8) is 0 Å². The Kier molecular flexibility index (Phi) is 9.40. The molecule has 0 atom stereocenters. The fraction of sp³-hybridized carbons (Fsp3) is 0.158. The molecule has 10 nitrogen and oxygen atoms in total. The van der Waals surface area contributed by atoms with Gasteiger partial charge in [0, 0.05) is 15.6 Å². The molecule has 0 fully saturated rings. The monoisotopic (exact) mass is 461 g/mol. The van der Waals surface area contributed by atoms with Gasteiger partial charge in [-0.25, -0.2) is 4.79 Å². The maximum absolute atomic E-state index is 11.7. The van der Waals surface area contributed by atoms with E-state index in [1.165, 1.54) is 12.1 Å². The maximum atomic E-state index is 11.7. The Morgan fingerprint density at radius 2 is 1.48 bits per heavy atom. The van der Waals surface area contributed by atoms with E-state index in [0.717, 1.165) is 0 Å². The van der Waals surface area contributed by atoms with Gasteiger partial charge in [0.05, 0.1) is 17.7 Å². The van der Waals surface area contributed by atoms with Crippen LogP contribution in [0.15, 0.2) is 79.4 Å². The largest absolute Gasteiger partial charge is 0.478 e. The second-order valence-corrected chi connectivity index (χ2v) is 6.83. The zero-order valence-corrected chi connectivity index (χ0v) is 17.5. The summed E-state index contributed by atoms with van der Waals surface area (Å²) in [6.07, 6.45) is 0.257. The Balaban J connectivity index is 0.000000183. The number of carbonyl (C=O) groups is 2. The predicted molar refractivity (Wildman–Crippen MR) is 117 cm³/mol. The lowest BCUT2D eigenvalue weighted by atomic mass is 10.1. The number of nitrogens with two attached hydrogens (primary N) is 1. The molecule has 0 spiro atoms. The van der Waals surface area contributed by atoms with E-state index in [1.54, 1.807) is 36.4 Å². The van der Waals surface area contributed by atoms with Crippen LogP contribution in [0, 0.1) is 0 Å². The highest BCUT2D eigenvalue weighted by molar-refractivity contribution is 6.31. The van der Waals surface area contributed by atoms with Gasteiger partial charge in [-0.1, -0.05) is 41.4 Å². The smallest absolute Gasteiger partial charge is 0.335 e.